The lowest BCUT2D eigenvalue weighted by molar-refractivity contribution is 0.103. The number of urea groups is 1. The Bertz CT molecular complexity index is 205. The van der Waals surface area contributed by atoms with Crippen molar-refractivity contribution in [1.29, 1.82) is 0 Å². The molecule has 1 saturated heterocycles. The predicted octanol–water partition coefficient (Wildman–Crippen LogP) is 1.84. The zero-order valence-electron chi connectivity index (χ0n) is 8.96. The fourth-order valence-corrected chi connectivity index (χ4v) is 2.86. The Labute approximate surface area is 85.8 Å². The standard InChI is InChI=1S/C11H20N2O/c1-2-12-11(14)13-7-9-4-3-5-10(6-9)8-13/h9-10H,2-8H2,1H3,(H,12,14). The van der Waals surface area contributed by atoms with E-state index in [9.17, 15) is 4.79 Å². The van der Waals surface area contributed by atoms with Gasteiger partial charge in [0.1, 0.15) is 0 Å². The van der Waals surface area contributed by atoms with Gasteiger partial charge < -0.3 is 10.2 Å². The monoisotopic (exact) mass is 196 g/mol. The number of rotatable bonds is 1. The van der Waals surface area contributed by atoms with Crippen molar-refractivity contribution < 1.29 is 4.79 Å². The minimum absolute atomic E-state index is 0.143. The highest BCUT2D eigenvalue weighted by molar-refractivity contribution is 5.74. The van der Waals surface area contributed by atoms with Crippen LogP contribution in [-0.2, 0) is 0 Å². The van der Waals surface area contributed by atoms with Crippen LogP contribution in [0.4, 0.5) is 4.79 Å². The van der Waals surface area contributed by atoms with Crippen LogP contribution in [0, 0.1) is 11.8 Å². The highest BCUT2D eigenvalue weighted by atomic mass is 16.2. The third-order valence-corrected chi connectivity index (χ3v) is 3.46. The van der Waals surface area contributed by atoms with E-state index in [2.05, 4.69) is 5.32 Å². The fraction of sp³-hybridized carbons (Fsp3) is 0.909. The van der Waals surface area contributed by atoms with Gasteiger partial charge in [0.15, 0.2) is 0 Å². The van der Waals surface area contributed by atoms with Crippen LogP contribution in [-0.4, -0.2) is 30.6 Å². The average Bonchev–Trinajstić information content (AvgIpc) is 2.17. The molecular formula is C11H20N2O. The number of carbonyl (C=O) groups excluding carboxylic acids is 1. The predicted molar refractivity (Wildman–Crippen MR) is 56.1 cm³/mol. The van der Waals surface area contributed by atoms with E-state index in [0.29, 0.717) is 0 Å². The maximum absolute atomic E-state index is 11.6. The van der Waals surface area contributed by atoms with E-state index in [4.69, 9.17) is 0 Å². The molecule has 2 atom stereocenters. The highest BCUT2D eigenvalue weighted by Crippen LogP contribution is 2.34. The maximum Gasteiger partial charge on any atom is 0.317 e. The Kier molecular flexibility index (Phi) is 2.94. The van der Waals surface area contributed by atoms with Crippen LogP contribution in [0.2, 0.25) is 0 Å². The lowest BCUT2D eigenvalue weighted by atomic mass is 9.78. The van der Waals surface area contributed by atoms with Gasteiger partial charge in [-0.05, 0) is 38.0 Å². The Morgan fingerprint density at radius 1 is 1.36 bits per heavy atom. The molecule has 2 unspecified atom stereocenters. The molecule has 0 radical (unpaired) electrons. The van der Waals surface area contributed by atoms with E-state index in [-0.39, 0.29) is 6.03 Å². The quantitative estimate of drug-likeness (QED) is 0.682. The lowest BCUT2D eigenvalue weighted by Crippen LogP contribution is -2.49. The zero-order valence-corrected chi connectivity index (χ0v) is 8.96. The first kappa shape index (κ1) is 9.81. The summed E-state index contributed by atoms with van der Waals surface area (Å²) >= 11 is 0. The van der Waals surface area contributed by atoms with Crippen molar-refractivity contribution in [1.82, 2.24) is 10.2 Å². The molecule has 1 aliphatic carbocycles. The van der Waals surface area contributed by atoms with Gasteiger partial charge in [-0.25, -0.2) is 4.79 Å². The second kappa shape index (κ2) is 4.20. The molecule has 1 N–H and O–H groups in total. The molecule has 2 rings (SSSR count). The molecule has 2 amide bonds. The third kappa shape index (κ3) is 2.02. The fourth-order valence-electron chi connectivity index (χ4n) is 2.86. The number of fused-ring (bicyclic) bond motifs is 2. The first-order valence-electron chi connectivity index (χ1n) is 5.82. The van der Waals surface area contributed by atoms with E-state index < -0.39 is 0 Å². The first-order chi connectivity index (χ1) is 6.79. The summed E-state index contributed by atoms with van der Waals surface area (Å²) in [5.41, 5.74) is 0. The Morgan fingerprint density at radius 2 is 2.00 bits per heavy atom. The molecule has 0 aromatic rings. The van der Waals surface area contributed by atoms with Crippen LogP contribution >= 0.6 is 0 Å². The third-order valence-electron chi connectivity index (χ3n) is 3.46. The van der Waals surface area contributed by atoms with E-state index >= 15 is 0 Å². The van der Waals surface area contributed by atoms with Crippen LogP contribution in [0.15, 0.2) is 0 Å². The molecule has 80 valence electrons. The molecular weight excluding hydrogens is 176 g/mol. The number of piperidine rings is 1. The van der Waals surface area contributed by atoms with Gasteiger partial charge in [0, 0.05) is 19.6 Å². The molecule has 2 aliphatic rings. The molecule has 1 saturated carbocycles. The van der Waals surface area contributed by atoms with Gasteiger partial charge in [0.25, 0.3) is 0 Å². The second-order valence-corrected chi connectivity index (χ2v) is 4.64. The molecule has 1 heterocycles. The lowest BCUT2D eigenvalue weighted by Gasteiger charge is -2.41. The van der Waals surface area contributed by atoms with Crippen LogP contribution in [0.5, 0.6) is 0 Å². The number of hydrogen-bond acceptors (Lipinski definition) is 1. The minimum Gasteiger partial charge on any atom is -0.338 e. The van der Waals surface area contributed by atoms with Gasteiger partial charge in [-0.2, -0.15) is 0 Å². The molecule has 2 fully saturated rings. The summed E-state index contributed by atoms with van der Waals surface area (Å²) in [6, 6.07) is 0.143. The summed E-state index contributed by atoms with van der Waals surface area (Å²) in [4.78, 5) is 13.7. The van der Waals surface area contributed by atoms with Gasteiger partial charge in [0.05, 0.1) is 0 Å². The molecule has 14 heavy (non-hydrogen) atoms. The van der Waals surface area contributed by atoms with Crippen molar-refractivity contribution in [2.75, 3.05) is 19.6 Å². The molecule has 3 heteroatoms. The molecule has 0 spiro atoms. The van der Waals surface area contributed by atoms with E-state index in [1.165, 1.54) is 25.7 Å². The van der Waals surface area contributed by atoms with Crippen molar-refractivity contribution in [2.24, 2.45) is 11.8 Å². The molecule has 1 aliphatic heterocycles. The van der Waals surface area contributed by atoms with E-state index in [1.807, 2.05) is 11.8 Å². The van der Waals surface area contributed by atoms with Crippen LogP contribution in [0.3, 0.4) is 0 Å². The number of hydrogen-bond donors (Lipinski definition) is 1. The van der Waals surface area contributed by atoms with Gasteiger partial charge >= 0.3 is 6.03 Å². The van der Waals surface area contributed by atoms with Gasteiger partial charge in [-0.15, -0.1) is 0 Å². The van der Waals surface area contributed by atoms with Gasteiger partial charge in [-0.1, -0.05) is 6.42 Å². The minimum atomic E-state index is 0.143. The van der Waals surface area contributed by atoms with Crippen LogP contribution < -0.4 is 5.32 Å². The summed E-state index contributed by atoms with van der Waals surface area (Å²) in [6.45, 7) is 4.69. The average molecular weight is 196 g/mol. The van der Waals surface area contributed by atoms with E-state index in [0.717, 1.165) is 31.5 Å². The van der Waals surface area contributed by atoms with Gasteiger partial charge in [0.2, 0.25) is 0 Å². The normalized spacial score (nSPS) is 31.4. The van der Waals surface area contributed by atoms with Crippen LogP contribution in [0.1, 0.15) is 32.6 Å². The Morgan fingerprint density at radius 3 is 2.57 bits per heavy atom. The second-order valence-electron chi connectivity index (χ2n) is 4.64. The smallest absolute Gasteiger partial charge is 0.317 e. The topological polar surface area (TPSA) is 32.3 Å². The number of carbonyl (C=O) groups is 1. The molecule has 2 bridgehead atoms. The Balaban J connectivity index is 1.91. The summed E-state index contributed by atoms with van der Waals surface area (Å²) in [6.07, 6.45) is 5.38. The van der Waals surface area contributed by atoms with E-state index in [1.54, 1.807) is 0 Å². The molecule has 3 nitrogen and oxygen atoms in total. The molecule has 0 aromatic carbocycles. The Hall–Kier alpha value is -0.730. The number of amides is 2. The summed E-state index contributed by atoms with van der Waals surface area (Å²) < 4.78 is 0. The summed E-state index contributed by atoms with van der Waals surface area (Å²) in [5, 5.41) is 2.89. The van der Waals surface area contributed by atoms with Gasteiger partial charge in [-0.3, -0.25) is 0 Å². The molecule has 0 aromatic heterocycles. The van der Waals surface area contributed by atoms with Crippen molar-refractivity contribution in [3.8, 4) is 0 Å². The number of nitrogens with zero attached hydrogens (tertiary/aromatic N) is 1. The number of nitrogens with one attached hydrogen (secondary N) is 1. The first-order valence-corrected chi connectivity index (χ1v) is 5.82. The number of likely N-dealkylation sites (tertiary alicyclic amines) is 1. The SMILES string of the molecule is CCNC(=O)N1CC2CCCC(C2)C1. The zero-order chi connectivity index (χ0) is 9.97. The maximum atomic E-state index is 11.6. The van der Waals surface area contributed by atoms with Crippen LogP contribution in [0.25, 0.3) is 0 Å². The highest BCUT2D eigenvalue weighted by Gasteiger charge is 2.32. The summed E-state index contributed by atoms with van der Waals surface area (Å²) in [5.74, 6) is 1.57. The van der Waals surface area contributed by atoms with Crippen molar-refractivity contribution in [3.63, 3.8) is 0 Å². The van der Waals surface area contributed by atoms with Crippen molar-refractivity contribution >= 4 is 6.03 Å². The van der Waals surface area contributed by atoms with Crippen molar-refractivity contribution in [2.45, 2.75) is 32.6 Å². The largest absolute Gasteiger partial charge is 0.338 e. The van der Waals surface area contributed by atoms with Crippen molar-refractivity contribution in [3.05, 3.63) is 0 Å². The summed E-state index contributed by atoms with van der Waals surface area (Å²) in [7, 11) is 0.